The molecule has 0 unspecified atom stereocenters. The van der Waals surface area contributed by atoms with Crippen LogP contribution in [-0.2, 0) is 9.47 Å². The maximum Gasteiger partial charge on any atom is 0.411 e. The minimum atomic E-state index is -1.12. The van der Waals surface area contributed by atoms with Gasteiger partial charge in [0, 0.05) is 12.8 Å². The van der Waals surface area contributed by atoms with Gasteiger partial charge in [-0.2, -0.15) is 10.5 Å². The van der Waals surface area contributed by atoms with Crippen molar-refractivity contribution in [1.82, 2.24) is 9.80 Å². The first-order chi connectivity index (χ1) is 13.7. The molecule has 10 heteroatoms. The summed E-state index contributed by atoms with van der Waals surface area (Å²) in [5.41, 5.74) is -1.20. The van der Waals surface area contributed by atoms with E-state index in [4.69, 9.17) is 20.0 Å². The fourth-order valence-corrected chi connectivity index (χ4v) is 2.89. The van der Waals surface area contributed by atoms with Gasteiger partial charge in [-0.15, -0.1) is 0 Å². The lowest BCUT2D eigenvalue weighted by atomic mass is 10.2. The van der Waals surface area contributed by atoms with E-state index in [1.165, 1.54) is 4.90 Å². The number of alkyl halides is 1. The van der Waals surface area contributed by atoms with Gasteiger partial charge in [-0.25, -0.2) is 14.0 Å². The Kier molecular flexibility index (Phi) is 8.43. The number of rotatable bonds is 0. The van der Waals surface area contributed by atoms with E-state index in [9.17, 15) is 19.1 Å². The number of carbonyl (C=O) groups excluding carboxylic acids is 2. The van der Waals surface area contributed by atoms with E-state index in [2.05, 4.69) is 0 Å². The molecule has 0 aromatic carbocycles. The lowest BCUT2D eigenvalue weighted by Gasteiger charge is -2.25. The zero-order valence-corrected chi connectivity index (χ0v) is 18.4. The van der Waals surface area contributed by atoms with Crippen LogP contribution in [0.25, 0.3) is 0 Å². The van der Waals surface area contributed by atoms with Crippen LogP contribution in [-0.4, -0.2) is 75.7 Å². The maximum atomic E-state index is 13.0. The van der Waals surface area contributed by atoms with E-state index in [-0.39, 0.29) is 19.5 Å². The first-order valence-corrected chi connectivity index (χ1v) is 9.77. The van der Waals surface area contributed by atoms with E-state index >= 15 is 0 Å². The zero-order chi connectivity index (χ0) is 23.3. The van der Waals surface area contributed by atoms with Gasteiger partial charge in [0.1, 0.15) is 29.5 Å². The molecule has 168 valence electrons. The molecule has 0 aliphatic carbocycles. The summed E-state index contributed by atoms with van der Waals surface area (Å²) in [5, 5.41) is 26.9. The molecule has 1 N–H and O–H groups in total. The van der Waals surface area contributed by atoms with Gasteiger partial charge < -0.3 is 14.6 Å². The van der Waals surface area contributed by atoms with Crippen molar-refractivity contribution in [2.75, 3.05) is 13.1 Å². The zero-order valence-electron chi connectivity index (χ0n) is 18.4. The molecule has 0 bridgehead atoms. The van der Waals surface area contributed by atoms with Gasteiger partial charge in [-0.3, -0.25) is 9.80 Å². The largest absolute Gasteiger partial charge is 0.444 e. The van der Waals surface area contributed by atoms with Crippen LogP contribution in [0, 0.1) is 22.7 Å². The number of hydrogen-bond acceptors (Lipinski definition) is 7. The Balaban J connectivity index is 0.000000300. The normalized spacial score (nSPS) is 26.2. The van der Waals surface area contributed by atoms with Crippen LogP contribution >= 0.6 is 0 Å². The van der Waals surface area contributed by atoms with Crippen LogP contribution in [0.3, 0.4) is 0 Å². The summed E-state index contributed by atoms with van der Waals surface area (Å²) in [6.45, 7) is 10.6. The maximum absolute atomic E-state index is 13.0. The fourth-order valence-electron chi connectivity index (χ4n) is 2.89. The Morgan fingerprint density at radius 1 is 0.900 bits per heavy atom. The van der Waals surface area contributed by atoms with Crippen LogP contribution in [0.15, 0.2) is 0 Å². The molecular weight excluding hydrogens is 395 g/mol. The second-order valence-corrected chi connectivity index (χ2v) is 9.28. The van der Waals surface area contributed by atoms with Crippen molar-refractivity contribution in [3.05, 3.63) is 0 Å². The molecule has 0 saturated carbocycles. The summed E-state index contributed by atoms with van der Waals surface area (Å²) in [6, 6.07) is 2.60. The van der Waals surface area contributed by atoms with Crippen molar-refractivity contribution in [2.45, 2.75) is 89.9 Å². The Morgan fingerprint density at radius 3 is 1.70 bits per heavy atom. The van der Waals surface area contributed by atoms with Crippen molar-refractivity contribution < 1.29 is 28.6 Å². The molecule has 30 heavy (non-hydrogen) atoms. The number of hydrogen-bond donors (Lipinski definition) is 1. The lowest BCUT2D eigenvalue weighted by molar-refractivity contribution is 0.0233. The van der Waals surface area contributed by atoms with Gasteiger partial charge in [0.2, 0.25) is 0 Å². The predicted octanol–water partition coefficient (Wildman–Crippen LogP) is 2.74. The number of aliphatic hydroxyl groups is 1. The number of halogens is 1. The summed E-state index contributed by atoms with van der Waals surface area (Å²) in [5.74, 6) is 0. The van der Waals surface area contributed by atoms with Gasteiger partial charge >= 0.3 is 12.2 Å². The summed E-state index contributed by atoms with van der Waals surface area (Å²) >= 11 is 0. The summed E-state index contributed by atoms with van der Waals surface area (Å²) in [6.07, 6.45) is -2.52. The molecule has 9 nitrogen and oxygen atoms in total. The molecule has 2 aliphatic rings. The highest BCUT2D eigenvalue weighted by molar-refractivity contribution is 5.70. The standard InChI is InChI=1S/C10H15FN2O2.C10H16N2O3/c1-10(2,3)15-9(14)13-6-7(11)4-8(13)5-12;1-10(2,3)15-9(14)12-6-8(13)4-7(12)5-11/h7-8H,4,6H2,1-3H3;7-8,13H,4,6H2,1-3H3/t7-,8-;7-,8+/m00/s1. The Morgan fingerprint density at radius 2 is 1.30 bits per heavy atom. The summed E-state index contributed by atoms with van der Waals surface area (Å²) in [4.78, 5) is 25.6. The molecular formula is C20H31FN4O5. The van der Waals surface area contributed by atoms with Crippen LogP contribution in [0.4, 0.5) is 14.0 Å². The Bertz CT molecular complexity index is 644. The van der Waals surface area contributed by atoms with Crippen molar-refractivity contribution >= 4 is 12.2 Å². The van der Waals surface area contributed by atoms with Gasteiger partial charge in [0.05, 0.1) is 31.3 Å². The fraction of sp³-hybridized carbons (Fsp3) is 0.800. The highest BCUT2D eigenvalue weighted by atomic mass is 19.1. The molecule has 0 spiro atoms. The van der Waals surface area contributed by atoms with Gasteiger partial charge in [0.25, 0.3) is 0 Å². The number of ether oxygens (including phenoxy) is 2. The molecule has 0 radical (unpaired) electrons. The molecule has 2 saturated heterocycles. The van der Waals surface area contributed by atoms with Crippen LogP contribution in [0.1, 0.15) is 54.4 Å². The third kappa shape index (κ3) is 8.03. The highest BCUT2D eigenvalue weighted by Crippen LogP contribution is 2.23. The molecule has 2 amide bonds. The third-order valence-electron chi connectivity index (χ3n) is 4.08. The van der Waals surface area contributed by atoms with E-state index in [0.29, 0.717) is 6.42 Å². The number of amides is 2. The second-order valence-electron chi connectivity index (χ2n) is 9.28. The number of aliphatic hydroxyl groups excluding tert-OH is 1. The van der Waals surface area contributed by atoms with Crippen LogP contribution in [0.5, 0.6) is 0 Å². The first-order valence-electron chi connectivity index (χ1n) is 9.77. The minimum Gasteiger partial charge on any atom is -0.444 e. The van der Waals surface area contributed by atoms with Crippen LogP contribution in [0.2, 0.25) is 0 Å². The molecule has 2 heterocycles. The number of nitriles is 2. The van der Waals surface area contributed by atoms with Gasteiger partial charge in [-0.1, -0.05) is 0 Å². The van der Waals surface area contributed by atoms with Crippen LogP contribution < -0.4 is 0 Å². The van der Waals surface area contributed by atoms with Gasteiger partial charge in [-0.05, 0) is 41.5 Å². The summed E-state index contributed by atoms with van der Waals surface area (Å²) < 4.78 is 23.2. The number of nitrogens with zero attached hydrogens (tertiary/aromatic N) is 4. The van der Waals surface area contributed by atoms with Gasteiger partial charge in [0.15, 0.2) is 0 Å². The highest BCUT2D eigenvalue weighted by Gasteiger charge is 2.38. The first kappa shape index (κ1) is 25.4. The monoisotopic (exact) mass is 426 g/mol. The minimum absolute atomic E-state index is 0.0485. The van der Waals surface area contributed by atoms with E-state index in [1.54, 1.807) is 41.5 Å². The second kappa shape index (κ2) is 9.94. The molecule has 0 aromatic heterocycles. The SMILES string of the molecule is CC(C)(C)OC(=O)N1C[C@@H](F)C[C@H]1C#N.CC(C)(C)OC(=O)N1C[C@H](O)C[C@H]1C#N. The number of likely N-dealkylation sites (tertiary alicyclic amines) is 2. The summed E-state index contributed by atoms with van der Waals surface area (Å²) in [7, 11) is 0. The Hall–Kier alpha value is -2.59. The average molecular weight is 426 g/mol. The molecule has 2 aliphatic heterocycles. The average Bonchev–Trinajstić information content (AvgIpc) is 3.14. The smallest absolute Gasteiger partial charge is 0.411 e. The molecule has 2 rings (SSSR count). The van der Waals surface area contributed by atoms with E-state index in [0.717, 1.165) is 4.90 Å². The third-order valence-corrected chi connectivity index (χ3v) is 4.08. The quantitative estimate of drug-likeness (QED) is 0.631. The molecule has 2 fully saturated rings. The topological polar surface area (TPSA) is 127 Å². The van der Waals surface area contributed by atoms with Crippen molar-refractivity contribution in [2.24, 2.45) is 0 Å². The van der Waals surface area contributed by atoms with E-state index in [1.807, 2.05) is 12.1 Å². The van der Waals surface area contributed by atoms with E-state index < -0.39 is 47.7 Å². The van der Waals surface area contributed by atoms with Crippen molar-refractivity contribution in [3.8, 4) is 12.1 Å². The molecule has 0 aromatic rings. The van der Waals surface area contributed by atoms with Crippen molar-refractivity contribution in [3.63, 3.8) is 0 Å². The number of carbonyl (C=O) groups is 2. The predicted molar refractivity (Wildman–Crippen MR) is 105 cm³/mol. The van der Waals surface area contributed by atoms with Crippen molar-refractivity contribution in [1.29, 1.82) is 10.5 Å². The molecule has 4 atom stereocenters. The Labute approximate surface area is 176 Å². The number of β-amino-alcohol motifs (C(OH)–C–C–N with tert-alkyl or cyclic N) is 1. The lowest BCUT2D eigenvalue weighted by Crippen LogP contribution is -2.39.